The van der Waals surface area contributed by atoms with Crippen LogP contribution >= 0.6 is 0 Å². The van der Waals surface area contributed by atoms with Crippen LogP contribution < -0.4 is 24.6 Å². The number of hydrogen-bond donors (Lipinski definition) is 1. The Kier molecular flexibility index (Phi) is 7.20. The number of aromatic nitrogens is 1. The average Bonchev–Trinajstić information content (AvgIpc) is 3.32. The third kappa shape index (κ3) is 4.99. The Balaban J connectivity index is 1.78. The maximum Gasteiger partial charge on any atom is 0.142 e. The molecule has 1 unspecified atom stereocenters. The van der Waals surface area contributed by atoms with Crippen LogP contribution in [0.3, 0.4) is 0 Å². The predicted molar refractivity (Wildman–Crippen MR) is 135 cm³/mol. The summed E-state index contributed by atoms with van der Waals surface area (Å²) in [5.74, 6) is 1.70. The monoisotopic (exact) mass is 450 g/mol. The van der Waals surface area contributed by atoms with E-state index in [-0.39, 0.29) is 6.10 Å². The fourth-order valence-electron chi connectivity index (χ4n) is 4.28. The lowest BCUT2D eigenvalue weighted by atomic mass is 10.1. The normalized spacial score (nSPS) is 15.8. The van der Waals surface area contributed by atoms with E-state index in [1.165, 1.54) is 0 Å². The Morgan fingerprint density at radius 3 is 2.55 bits per heavy atom. The summed E-state index contributed by atoms with van der Waals surface area (Å²) in [7, 11) is 9.46. The van der Waals surface area contributed by atoms with Crippen molar-refractivity contribution in [2.75, 3.05) is 71.4 Å². The van der Waals surface area contributed by atoms with Gasteiger partial charge in [0.15, 0.2) is 0 Å². The summed E-state index contributed by atoms with van der Waals surface area (Å²) in [5, 5.41) is 4.18. The van der Waals surface area contributed by atoms with Gasteiger partial charge in [-0.05, 0) is 55.9 Å². The van der Waals surface area contributed by atoms with E-state index in [0.717, 1.165) is 71.1 Å². The van der Waals surface area contributed by atoms with Crippen LogP contribution in [0.5, 0.6) is 11.5 Å². The fourth-order valence-corrected chi connectivity index (χ4v) is 4.28. The van der Waals surface area contributed by atoms with E-state index in [1.54, 1.807) is 14.2 Å². The van der Waals surface area contributed by atoms with Gasteiger partial charge in [-0.15, -0.1) is 0 Å². The van der Waals surface area contributed by atoms with E-state index >= 15 is 0 Å². The van der Waals surface area contributed by atoms with Gasteiger partial charge in [0.25, 0.3) is 0 Å². The van der Waals surface area contributed by atoms with Gasteiger partial charge in [0, 0.05) is 57.5 Å². The van der Waals surface area contributed by atoms with Crippen LogP contribution in [0.1, 0.15) is 6.42 Å². The van der Waals surface area contributed by atoms with E-state index in [2.05, 4.69) is 45.4 Å². The molecule has 1 saturated heterocycles. The van der Waals surface area contributed by atoms with Crippen molar-refractivity contribution in [1.82, 2.24) is 10.3 Å². The van der Waals surface area contributed by atoms with E-state index in [1.807, 2.05) is 33.3 Å². The molecule has 7 heteroatoms. The van der Waals surface area contributed by atoms with Crippen LogP contribution in [0.25, 0.3) is 22.2 Å². The van der Waals surface area contributed by atoms with Gasteiger partial charge in [-0.3, -0.25) is 0 Å². The molecule has 0 amide bonds. The molecule has 7 nitrogen and oxygen atoms in total. The minimum absolute atomic E-state index is 0.244. The number of anilines is 2. The number of methoxy groups -OCH3 is 2. The van der Waals surface area contributed by atoms with E-state index < -0.39 is 0 Å². The van der Waals surface area contributed by atoms with Crippen molar-refractivity contribution in [1.29, 1.82) is 0 Å². The first-order valence-corrected chi connectivity index (χ1v) is 11.4. The molecule has 1 aliphatic heterocycles. The highest BCUT2D eigenvalue weighted by molar-refractivity contribution is 5.98. The molecule has 4 rings (SSSR count). The van der Waals surface area contributed by atoms with Crippen LogP contribution in [0.4, 0.5) is 11.4 Å². The zero-order valence-electron chi connectivity index (χ0n) is 20.2. The second-order valence-corrected chi connectivity index (χ2v) is 8.53. The number of fused-ring (bicyclic) bond motifs is 1. The number of benzene rings is 2. The molecule has 1 fully saturated rings. The molecule has 1 aromatic heterocycles. The molecule has 2 heterocycles. The van der Waals surface area contributed by atoms with Crippen molar-refractivity contribution < 1.29 is 14.2 Å². The number of ether oxygens (including phenoxy) is 3. The Hall–Kier alpha value is -3.03. The third-order valence-electron chi connectivity index (χ3n) is 6.16. The molecule has 0 aliphatic carbocycles. The molecule has 2 aromatic carbocycles. The van der Waals surface area contributed by atoms with Crippen molar-refractivity contribution >= 4 is 22.3 Å². The van der Waals surface area contributed by atoms with Crippen molar-refractivity contribution in [2.45, 2.75) is 12.5 Å². The van der Waals surface area contributed by atoms with Gasteiger partial charge >= 0.3 is 0 Å². The summed E-state index contributed by atoms with van der Waals surface area (Å²) in [4.78, 5) is 9.50. The largest absolute Gasteiger partial charge is 0.495 e. The van der Waals surface area contributed by atoms with Gasteiger partial charge in [0.2, 0.25) is 0 Å². The van der Waals surface area contributed by atoms with E-state index in [4.69, 9.17) is 19.2 Å². The highest BCUT2D eigenvalue weighted by Gasteiger charge is 2.25. The van der Waals surface area contributed by atoms with Crippen LogP contribution in [0.15, 0.2) is 42.5 Å². The molecule has 1 atom stereocenters. The highest BCUT2D eigenvalue weighted by Crippen LogP contribution is 2.39. The summed E-state index contributed by atoms with van der Waals surface area (Å²) in [6, 6.07) is 14.6. The third-order valence-corrected chi connectivity index (χ3v) is 6.16. The average molecular weight is 451 g/mol. The minimum atomic E-state index is 0.244. The van der Waals surface area contributed by atoms with E-state index in [9.17, 15) is 0 Å². The first-order valence-electron chi connectivity index (χ1n) is 11.4. The Bertz CT molecular complexity index is 1090. The number of nitrogens with one attached hydrogen (secondary N) is 1. The maximum absolute atomic E-state index is 5.78. The van der Waals surface area contributed by atoms with E-state index in [0.29, 0.717) is 6.61 Å². The summed E-state index contributed by atoms with van der Waals surface area (Å²) >= 11 is 0. The molecular formula is C26H34N4O3. The van der Waals surface area contributed by atoms with Crippen LogP contribution in [0.2, 0.25) is 0 Å². The summed E-state index contributed by atoms with van der Waals surface area (Å²) in [6.07, 6.45) is 1.26. The number of nitrogens with zero attached hydrogens (tertiary/aromatic N) is 3. The number of rotatable bonds is 9. The van der Waals surface area contributed by atoms with Crippen molar-refractivity contribution in [2.24, 2.45) is 0 Å². The lowest BCUT2D eigenvalue weighted by Gasteiger charge is -2.23. The summed E-state index contributed by atoms with van der Waals surface area (Å²) < 4.78 is 17.1. The molecular weight excluding hydrogens is 416 g/mol. The fraction of sp³-hybridized carbons (Fsp3) is 0.423. The second kappa shape index (κ2) is 10.3. The Morgan fingerprint density at radius 1 is 1.12 bits per heavy atom. The van der Waals surface area contributed by atoms with Crippen LogP contribution in [-0.2, 0) is 4.74 Å². The summed E-state index contributed by atoms with van der Waals surface area (Å²) in [6.45, 7) is 3.27. The van der Waals surface area contributed by atoms with Gasteiger partial charge in [-0.1, -0.05) is 0 Å². The van der Waals surface area contributed by atoms with Crippen LogP contribution in [0, 0.1) is 0 Å². The molecule has 0 saturated carbocycles. The van der Waals surface area contributed by atoms with Crippen molar-refractivity contribution in [3.8, 4) is 22.8 Å². The molecule has 3 aromatic rings. The molecule has 1 N–H and O–H groups in total. The summed E-state index contributed by atoms with van der Waals surface area (Å²) in [5.41, 5.74) is 5.11. The molecule has 1 aliphatic rings. The molecule has 176 valence electrons. The van der Waals surface area contributed by atoms with Gasteiger partial charge < -0.3 is 29.3 Å². The smallest absolute Gasteiger partial charge is 0.142 e. The quantitative estimate of drug-likeness (QED) is 0.498. The first-order chi connectivity index (χ1) is 16.0. The zero-order valence-corrected chi connectivity index (χ0v) is 20.2. The number of likely N-dealkylation sites (N-methyl/N-ethyl adjacent to an activating group) is 1. The maximum atomic E-state index is 5.78. The second-order valence-electron chi connectivity index (χ2n) is 8.53. The number of pyridine rings is 1. The molecule has 0 radical (unpaired) electrons. The highest BCUT2D eigenvalue weighted by atomic mass is 16.5. The lowest BCUT2D eigenvalue weighted by Crippen LogP contribution is -2.22. The topological polar surface area (TPSA) is 59.1 Å². The minimum Gasteiger partial charge on any atom is -0.495 e. The SMILES string of the molecule is CNCCOc1ccc(-c2cc(N3CCC(OC)C3)c3cc(OC)c(N(C)C)cc3n2)cc1. The molecule has 0 bridgehead atoms. The predicted octanol–water partition coefficient (Wildman–Crippen LogP) is 3.80. The zero-order chi connectivity index (χ0) is 23.4. The van der Waals surface area contributed by atoms with Gasteiger partial charge in [0.05, 0.1) is 30.1 Å². The molecule has 33 heavy (non-hydrogen) atoms. The Morgan fingerprint density at radius 2 is 1.91 bits per heavy atom. The van der Waals surface area contributed by atoms with Gasteiger partial charge in [-0.2, -0.15) is 0 Å². The van der Waals surface area contributed by atoms with Crippen molar-refractivity contribution in [3.05, 3.63) is 42.5 Å². The van der Waals surface area contributed by atoms with Crippen molar-refractivity contribution in [3.63, 3.8) is 0 Å². The first kappa shape index (κ1) is 23.1. The standard InChI is InChI=1S/C26H34N4O3/c1-27-11-13-33-19-8-6-18(7-9-19)22-15-24(30-12-10-20(17-30)31-4)21-14-26(32-5)25(29(2)3)16-23(21)28-22/h6-9,14-16,20,27H,10-13,17H2,1-5H3. The van der Waals surface area contributed by atoms with Gasteiger partial charge in [-0.25, -0.2) is 4.98 Å². The Labute approximate surface area is 196 Å². The molecule has 0 spiro atoms. The lowest BCUT2D eigenvalue weighted by molar-refractivity contribution is 0.121. The van der Waals surface area contributed by atoms with Crippen LogP contribution in [-0.4, -0.2) is 72.7 Å². The number of hydrogen-bond acceptors (Lipinski definition) is 7. The van der Waals surface area contributed by atoms with Gasteiger partial charge in [0.1, 0.15) is 18.1 Å².